The third-order valence-corrected chi connectivity index (χ3v) is 4.72. The number of hydrogen-bond donors (Lipinski definition) is 1. The van der Waals surface area contributed by atoms with Crippen molar-refractivity contribution in [3.8, 4) is 0 Å². The normalized spacial score (nSPS) is 14.1. The quantitative estimate of drug-likeness (QED) is 0.916. The van der Waals surface area contributed by atoms with Crippen LogP contribution in [0, 0.1) is 0 Å². The van der Waals surface area contributed by atoms with Crippen LogP contribution in [0.3, 0.4) is 0 Å². The number of anilines is 1. The largest absolute Gasteiger partial charge is 0.333 e. The molecule has 0 aliphatic carbocycles. The van der Waals surface area contributed by atoms with E-state index in [-0.39, 0.29) is 18.4 Å². The Kier molecular flexibility index (Phi) is 4.98. The maximum absolute atomic E-state index is 12.2. The lowest BCUT2D eigenvalue weighted by Crippen LogP contribution is -2.34. The minimum Gasteiger partial charge on any atom is -0.333 e. The van der Waals surface area contributed by atoms with E-state index in [9.17, 15) is 9.59 Å². The molecule has 2 aromatic rings. The zero-order valence-electron chi connectivity index (χ0n) is 12.7. The summed E-state index contributed by atoms with van der Waals surface area (Å²) in [6.45, 7) is 0.801. The third-order valence-electron chi connectivity index (χ3n) is 3.64. The van der Waals surface area contributed by atoms with Crippen LogP contribution in [0.15, 0.2) is 64.4 Å². The summed E-state index contributed by atoms with van der Waals surface area (Å²) in [6, 6.07) is 17.7. The van der Waals surface area contributed by atoms with Crippen molar-refractivity contribution in [1.29, 1.82) is 0 Å². The van der Waals surface area contributed by atoms with Crippen molar-refractivity contribution in [2.75, 3.05) is 18.4 Å². The Hall–Kier alpha value is -2.27. The van der Waals surface area contributed by atoms with Gasteiger partial charge < -0.3 is 10.2 Å². The first-order valence-corrected chi connectivity index (χ1v) is 8.43. The molecule has 0 spiro atoms. The molecule has 0 unspecified atom stereocenters. The first-order chi connectivity index (χ1) is 11.2. The molecule has 1 heterocycles. The predicted molar refractivity (Wildman–Crippen MR) is 91.5 cm³/mol. The summed E-state index contributed by atoms with van der Waals surface area (Å²) in [5.41, 5.74) is 0.776. The van der Waals surface area contributed by atoms with Gasteiger partial charge in [0.05, 0.1) is 12.2 Å². The Morgan fingerprint density at radius 3 is 2.57 bits per heavy atom. The number of hydrogen-bond acceptors (Lipinski definition) is 3. The van der Waals surface area contributed by atoms with Gasteiger partial charge in [0.2, 0.25) is 11.8 Å². The predicted octanol–water partition coefficient (Wildman–Crippen LogP) is 3.40. The third kappa shape index (κ3) is 4.13. The highest BCUT2D eigenvalue weighted by molar-refractivity contribution is 7.99. The Labute approximate surface area is 139 Å². The van der Waals surface area contributed by atoms with E-state index in [1.165, 1.54) is 0 Å². The van der Waals surface area contributed by atoms with Gasteiger partial charge in [-0.05, 0) is 30.7 Å². The van der Waals surface area contributed by atoms with Gasteiger partial charge in [0.1, 0.15) is 0 Å². The summed E-state index contributed by atoms with van der Waals surface area (Å²) in [7, 11) is 0. The molecule has 0 saturated carbocycles. The molecule has 0 atom stereocenters. The van der Waals surface area contributed by atoms with Crippen molar-refractivity contribution in [3.05, 3.63) is 54.6 Å². The lowest BCUT2D eigenvalue weighted by atomic mass is 10.3. The van der Waals surface area contributed by atoms with Crippen LogP contribution in [0.2, 0.25) is 0 Å². The second-order valence-electron chi connectivity index (χ2n) is 5.38. The molecule has 4 nitrogen and oxygen atoms in total. The van der Waals surface area contributed by atoms with Crippen LogP contribution in [0.1, 0.15) is 12.8 Å². The smallest absolute Gasteiger partial charge is 0.244 e. The van der Waals surface area contributed by atoms with E-state index >= 15 is 0 Å². The van der Waals surface area contributed by atoms with E-state index < -0.39 is 0 Å². The Balaban J connectivity index is 1.68. The van der Waals surface area contributed by atoms with Crippen molar-refractivity contribution in [1.82, 2.24) is 4.90 Å². The number of nitrogens with one attached hydrogen (secondary N) is 1. The second kappa shape index (κ2) is 7.33. The average Bonchev–Trinajstić information content (AvgIpc) is 2.95. The summed E-state index contributed by atoms with van der Waals surface area (Å²) in [5.74, 6) is -0.0894. The standard InChI is InChI=1S/C18H18N2O2S/c21-17(13-20-12-6-11-18(20)22)19-15-9-4-5-10-16(15)23-14-7-2-1-3-8-14/h1-5,7-10H,6,11-13H2,(H,19,21). The van der Waals surface area contributed by atoms with Gasteiger partial charge in [0, 0.05) is 22.8 Å². The van der Waals surface area contributed by atoms with Gasteiger partial charge in [0.25, 0.3) is 0 Å². The fourth-order valence-corrected chi connectivity index (χ4v) is 3.43. The number of nitrogens with zero attached hydrogens (tertiary/aromatic N) is 1. The first kappa shape index (κ1) is 15.6. The molecule has 118 valence electrons. The second-order valence-corrected chi connectivity index (χ2v) is 6.49. The van der Waals surface area contributed by atoms with Crippen LogP contribution in [0.25, 0.3) is 0 Å². The molecule has 3 rings (SSSR count). The molecule has 23 heavy (non-hydrogen) atoms. The van der Waals surface area contributed by atoms with Gasteiger partial charge >= 0.3 is 0 Å². The molecule has 1 aliphatic heterocycles. The SMILES string of the molecule is O=C(CN1CCCC1=O)Nc1ccccc1Sc1ccccc1. The fraction of sp³-hybridized carbons (Fsp3) is 0.222. The summed E-state index contributed by atoms with van der Waals surface area (Å²) < 4.78 is 0. The van der Waals surface area contributed by atoms with Gasteiger partial charge in [-0.25, -0.2) is 0 Å². The number of amides is 2. The number of para-hydroxylation sites is 1. The van der Waals surface area contributed by atoms with Crippen LogP contribution in [-0.2, 0) is 9.59 Å². The van der Waals surface area contributed by atoms with Gasteiger partial charge in [-0.15, -0.1) is 0 Å². The molecule has 1 aliphatic rings. The molecule has 0 aromatic heterocycles. The van der Waals surface area contributed by atoms with Gasteiger partial charge in [-0.2, -0.15) is 0 Å². The monoisotopic (exact) mass is 326 g/mol. The summed E-state index contributed by atoms with van der Waals surface area (Å²) in [4.78, 5) is 27.5. The number of carbonyl (C=O) groups excluding carboxylic acids is 2. The Bertz CT molecular complexity index is 703. The topological polar surface area (TPSA) is 49.4 Å². The number of likely N-dealkylation sites (tertiary alicyclic amines) is 1. The molecule has 5 heteroatoms. The highest BCUT2D eigenvalue weighted by Crippen LogP contribution is 2.33. The van der Waals surface area contributed by atoms with Crippen LogP contribution < -0.4 is 5.32 Å². The van der Waals surface area contributed by atoms with Crippen molar-refractivity contribution in [2.45, 2.75) is 22.6 Å². The number of benzene rings is 2. The molecular weight excluding hydrogens is 308 g/mol. The zero-order chi connectivity index (χ0) is 16.1. The molecule has 1 saturated heterocycles. The summed E-state index contributed by atoms with van der Waals surface area (Å²) in [6.07, 6.45) is 1.39. The van der Waals surface area contributed by atoms with E-state index in [1.54, 1.807) is 16.7 Å². The van der Waals surface area contributed by atoms with E-state index in [4.69, 9.17) is 0 Å². The highest BCUT2D eigenvalue weighted by atomic mass is 32.2. The maximum atomic E-state index is 12.2. The lowest BCUT2D eigenvalue weighted by molar-refractivity contribution is -0.131. The number of carbonyl (C=O) groups is 2. The Morgan fingerprint density at radius 1 is 1.09 bits per heavy atom. The van der Waals surface area contributed by atoms with Crippen LogP contribution in [0.5, 0.6) is 0 Å². The van der Waals surface area contributed by atoms with Crippen molar-refractivity contribution < 1.29 is 9.59 Å². The lowest BCUT2D eigenvalue weighted by Gasteiger charge is -2.16. The molecule has 2 amide bonds. The Morgan fingerprint density at radius 2 is 1.83 bits per heavy atom. The van der Waals surface area contributed by atoms with E-state index in [1.807, 2.05) is 54.6 Å². The van der Waals surface area contributed by atoms with E-state index in [0.717, 1.165) is 21.9 Å². The molecule has 1 fully saturated rings. The van der Waals surface area contributed by atoms with Crippen LogP contribution in [-0.4, -0.2) is 29.8 Å². The maximum Gasteiger partial charge on any atom is 0.244 e. The minimum absolute atomic E-state index is 0.0621. The van der Waals surface area contributed by atoms with Gasteiger partial charge in [-0.3, -0.25) is 9.59 Å². The number of rotatable bonds is 5. The zero-order valence-corrected chi connectivity index (χ0v) is 13.5. The molecule has 0 bridgehead atoms. The van der Waals surface area contributed by atoms with Crippen molar-refractivity contribution in [3.63, 3.8) is 0 Å². The van der Waals surface area contributed by atoms with Crippen molar-refractivity contribution in [2.24, 2.45) is 0 Å². The molecule has 1 N–H and O–H groups in total. The van der Waals surface area contributed by atoms with E-state index in [0.29, 0.717) is 13.0 Å². The summed E-state index contributed by atoms with van der Waals surface area (Å²) >= 11 is 1.60. The van der Waals surface area contributed by atoms with E-state index in [2.05, 4.69) is 5.32 Å². The van der Waals surface area contributed by atoms with Crippen LogP contribution in [0.4, 0.5) is 5.69 Å². The minimum atomic E-state index is -0.152. The first-order valence-electron chi connectivity index (χ1n) is 7.62. The average molecular weight is 326 g/mol. The molecule has 0 radical (unpaired) electrons. The fourth-order valence-electron chi connectivity index (χ4n) is 2.51. The molecular formula is C18H18N2O2S. The van der Waals surface area contributed by atoms with Gasteiger partial charge in [-0.1, -0.05) is 42.1 Å². The van der Waals surface area contributed by atoms with Gasteiger partial charge in [0.15, 0.2) is 0 Å². The summed E-state index contributed by atoms with van der Waals surface area (Å²) in [5, 5.41) is 2.92. The highest BCUT2D eigenvalue weighted by Gasteiger charge is 2.22. The van der Waals surface area contributed by atoms with Crippen LogP contribution >= 0.6 is 11.8 Å². The van der Waals surface area contributed by atoms with Crippen molar-refractivity contribution >= 4 is 29.3 Å². The molecule has 2 aromatic carbocycles.